The Hall–Kier alpha value is -3.65. The van der Waals surface area contributed by atoms with Crippen LogP contribution in [0, 0.1) is 71.0 Å². The first kappa shape index (κ1) is 90.6. The van der Waals surface area contributed by atoms with E-state index in [1.54, 1.807) is 42.7 Å². The van der Waals surface area contributed by atoms with Crippen molar-refractivity contribution in [3.8, 4) is 0 Å². The molecule has 9 saturated heterocycles. The molecule has 0 amide bonds. The van der Waals surface area contributed by atoms with Crippen LogP contribution in [-0.4, -0.2) is 234 Å². The maximum absolute atomic E-state index is 15.5. The standard InChI is InChI=1S/C85H134N2O26S2/c1-20-57-55(72(107-79-47(14)41(8)44(11)50(17)98-79)65(86-114(93,94)53-32-28-26-29-33-53)83(103-57)111-77-68(89)60(23-4)105-84(70(77)91)106-71-40(7)36-37-97-61(71)24-5)38-63-69(90)76(67(88)59(22-3)101-63)110-82-66(87-115(95,96)54-34-30-27-31-35-54)73(108-80-48(15)42(9)45(12)51(18)99-80)56(58(21-2)104-82)39-64-75(78-74(62(25-6)102-64)112-85(92)113-78)109-81-49(16)43(10)46(13)52(19)100-81/h26-37,40-52,55-84,86-91H,20-25,38-39H2,1-19H3/t40?,41?,42?,43?,44-,45-,46?,47?,48?,49?,50?,51?,52-,55+,56+,57?,58?,59?,60?,61?,62?,63-,64-,65?,66?,67-,68-,69?,70?,71-,72?,73?,74-,75?,76?,77?,78?,79?,80?,81-,82-,83-,84-/m0/s1. The average Bonchev–Trinajstić information content (AvgIpc) is 1.74. The minimum atomic E-state index is -4.57. The van der Waals surface area contributed by atoms with Gasteiger partial charge in [0.15, 0.2) is 49.9 Å². The fourth-order valence-electron chi connectivity index (χ4n) is 19.4. The molecule has 10 aliphatic rings. The highest BCUT2D eigenvalue weighted by atomic mass is 32.2. The Morgan fingerprint density at radius 1 is 0.348 bits per heavy atom. The van der Waals surface area contributed by atoms with Gasteiger partial charge in [0.05, 0.1) is 101 Å². The summed E-state index contributed by atoms with van der Waals surface area (Å²) in [5, 5.41) is 51.5. The molecule has 28 unspecified atom stereocenters. The second-order valence-electron chi connectivity index (χ2n) is 34.9. The summed E-state index contributed by atoms with van der Waals surface area (Å²) in [6.07, 6.45) is -26.4. The zero-order valence-corrected chi connectivity index (χ0v) is 72.1. The Bertz CT molecular complexity index is 3690. The molecule has 652 valence electrons. The normalized spacial score (nSPS) is 47.3. The number of rotatable bonds is 28. The third kappa shape index (κ3) is 19.1. The van der Waals surface area contributed by atoms with Crippen molar-refractivity contribution in [2.75, 3.05) is 0 Å². The van der Waals surface area contributed by atoms with E-state index in [1.165, 1.54) is 24.3 Å². The summed E-state index contributed by atoms with van der Waals surface area (Å²) in [5.41, 5.74) is 0. The molecule has 0 saturated carbocycles. The van der Waals surface area contributed by atoms with Gasteiger partial charge < -0.3 is 101 Å². The molecular weight excluding hydrogens is 1530 g/mol. The number of hydrogen-bond acceptors (Lipinski definition) is 26. The van der Waals surface area contributed by atoms with Crippen molar-refractivity contribution in [3.63, 3.8) is 0 Å². The van der Waals surface area contributed by atoms with Gasteiger partial charge in [0, 0.05) is 35.5 Å². The van der Waals surface area contributed by atoms with Crippen LogP contribution < -0.4 is 9.44 Å². The number of benzene rings is 2. The molecular formula is C85H134N2O26S2. The van der Waals surface area contributed by atoms with Gasteiger partial charge in [-0.05, 0) is 138 Å². The average molecular weight is 1660 g/mol. The molecule has 2 aromatic carbocycles. The van der Waals surface area contributed by atoms with Crippen LogP contribution in [0.25, 0.3) is 0 Å². The van der Waals surface area contributed by atoms with E-state index < -0.39 is 210 Å². The first-order valence-electron chi connectivity index (χ1n) is 42.9. The van der Waals surface area contributed by atoms with Crippen LogP contribution in [-0.2, 0) is 101 Å². The van der Waals surface area contributed by atoms with E-state index in [-0.39, 0.29) is 126 Å². The van der Waals surface area contributed by atoms with Crippen LogP contribution in [0.1, 0.15) is 183 Å². The third-order valence-corrected chi connectivity index (χ3v) is 31.2. The van der Waals surface area contributed by atoms with Crippen molar-refractivity contribution in [2.24, 2.45) is 71.0 Å². The number of hydrogen-bond donors (Lipinski definition) is 6. The molecule has 28 nitrogen and oxygen atoms in total. The number of nitrogens with one attached hydrogen (secondary N) is 2. The van der Waals surface area contributed by atoms with Gasteiger partial charge in [0.25, 0.3) is 0 Å². The molecule has 0 spiro atoms. The smallest absolute Gasteiger partial charge is 0.496 e. The van der Waals surface area contributed by atoms with Gasteiger partial charge in [-0.15, -0.1) is 0 Å². The summed E-state index contributed by atoms with van der Waals surface area (Å²) in [6.45, 7) is 38.2. The number of carbonyl (C=O) groups excluding carboxylic acids is 1. The third-order valence-electron chi connectivity index (χ3n) is 28.2. The lowest BCUT2D eigenvalue weighted by Gasteiger charge is -2.54. The van der Waals surface area contributed by atoms with Crippen molar-refractivity contribution in [1.82, 2.24) is 9.44 Å². The lowest BCUT2D eigenvalue weighted by Crippen LogP contribution is -2.69. The lowest BCUT2D eigenvalue weighted by atomic mass is 9.77. The lowest BCUT2D eigenvalue weighted by molar-refractivity contribution is -0.361. The first-order chi connectivity index (χ1) is 54.7. The molecule has 0 aromatic heterocycles. The molecule has 12 rings (SSSR count). The number of fused-ring (bicyclic) bond motifs is 1. The van der Waals surface area contributed by atoms with Crippen LogP contribution in [0.15, 0.2) is 82.8 Å². The fraction of sp³-hybridized carbons (Fsp3) is 0.824. The van der Waals surface area contributed by atoms with E-state index in [0.29, 0.717) is 12.8 Å². The van der Waals surface area contributed by atoms with E-state index in [4.69, 9.17) is 80.5 Å². The van der Waals surface area contributed by atoms with Crippen LogP contribution >= 0.6 is 0 Å². The summed E-state index contributed by atoms with van der Waals surface area (Å²) >= 11 is 0. The molecule has 0 radical (unpaired) electrons. The fourth-order valence-corrected chi connectivity index (χ4v) is 21.9. The van der Waals surface area contributed by atoms with Gasteiger partial charge in [-0.1, -0.05) is 147 Å². The Morgan fingerprint density at radius 3 is 1.14 bits per heavy atom. The monoisotopic (exact) mass is 1660 g/mol. The predicted octanol–water partition coefficient (Wildman–Crippen LogP) is 10.0. The predicted molar refractivity (Wildman–Crippen MR) is 419 cm³/mol. The zero-order chi connectivity index (χ0) is 83.1. The largest absolute Gasteiger partial charge is 0.509 e. The molecule has 43 atom stereocenters. The van der Waals surface area contributed by atoms with Crippen LogP contribution in [0.3, 0.4) is 0 Å². The molecule has 6 N–H and O–H groups in total. The minimum absolute atomic E-state index is 0.0212. The highest BCUT2D eigenvalue weighted by Gasteiger charge is 2.62. The molecule has 0 bridgehead atoms. The van der Waals surface area contributed by atoms with Gasteiger partial charge in [-0.25, -0.2) is 31.1 Å². The van der Waals surface area contributed by atoms with Crippen LogP contribution in [0.4, 0.5) is 4.79 Å². The van der Waals surface area contributed by atoms with Crippen molar-refractivity contribution >= 4 is 26.2 Å². The molecule has 2 aromatic rings. The van der Waals surface area contributed by atoms with E-state index >= 15 is 16.8 Å². The van der Waals surface area contributed by atoms with Crippen molar-refractivity contribution in [1.29, 1.82) is 0 Å². The summed E-state index contributed by atoms with van der Waals surface area (Å²) in [5.74, 6) is -2.00. The number of ether oxygens (including phenoxy) is 17. The second-order valence-corrected chi connectivity index (χ2v) is 38.4. The van der Waals surface area contributed by atoms with E-state index in [0.717, 1.165) is 0 Å². The van der Waals surface area contributed by atoms with E-state index in [1.807, 2.05) is 89.2 Å². The van der Waals surface area contributed by atoms with Gasteiger partial charge in [0.1, 0.15) is 54.9 Å². The Labute approximate surface area is 681 Å². The summed E-state index contributed by atoms with van der Waals surface area (Å²) < 4.78 is 184. The Kier molecular flexibility index (Phi) is 30.3. The summed E-state index contributed by atoms with van der Waals surface area (Å²) in [4.78, 5) is 13.2. The Balaban J connectivity index is 0.935. The zero-order valence-electron chi connectivity index (χ0n) is 70.5. The van der Waals surface area contributed by atoms with Crippen molar-refractivity contribution < 1.29 is 123 Å². The maximum Gasteiger partial charge on any atom is 0.509 e. The summed E-state index contributed by atoms with van der Waals surface area (Å²) in [7, 11) is -9.14. The topological polar surface area (TPSA) is 347 Å². The Morgan fingerprint density at radius 2 is 0.704 bits per heavy atom. The highest BCUT2D eigenvalue weighted by Crippen LogP contribution is 2.49. The van der Waals surface area contributed by atoms with Gasteiger partial charge in [-0.2, -0.15) is 0 Å². The first-order valence-corrected chi connectivity index (χ1v) is 45.9. The molecule has 0 aliphatic carbocycles. The summed E-state index contributed by atoms with van der Waals surface area (Å²) in [6, 6.07) is 12.6. The van der Waals surface area contributed by atoms with Crippen molar-refractivity contribution in [2.45, 2.75) is 383 Å². The minimum Gasteiger partial charge on any atom is -0.496 e. The van der Waals surface area contributed by atoms with Crippen LogP contribution in [0.2, 0.25) is 0 Å². The van der Waals surface area contributed by atoms with Gasteiger partial charge in [-0.3, -0.25) is 0 Å². The molecule has 10 aliphatic heterocycles. The highest BCUT2D eigenvalue weighted by molar-refractivity contribution is 7.89. The molecule has 115 heavy (non-hydrogen) atoms. The van der Waals surface area contributed by atoms with E-state index in [9.17, 15) is 25.2 Å². The van der Waals surface area contributed by atoms with Crippen molar-refractivity contribution in [3.05, 3.63) is 73.0 Å². The van der Waals surface area contributed by atoms with Gasteiger partial charge in [0.2, 0.25) is 20.0 Å². The molecule has 9 fully saturated rings. The molecule has 10 heterocycles. The number of aliphatic hydroxyl groups is 4. The quantitative estimate of drug-likeness (QED) is 0.0431. The number of sulfonamides is 2. The maximum atomic E-state index is 15.5. The van der Waals surface area contributed by atoms with Gasteiger partial charge >= 0.3 is 6.16 Å². The molecule has 30 heteroatoms. The SMILES string of the molecule is CCC1O[C@@H](O[C@H]2C(C)C=COC2CC)C(O)C(O[C@@H]2OC(CC)[C@@H](C[C@@H]3OC(CC)[C@H](O)C(O[C@@H]4OC(CC)[C@@H](C[C@@H]5OC(CC)[C@@H]6OC(=O)OC6C5O[C@@H]5O[C@@H](C)C(C)C(C)C5C)C(OC5OC(C)[C@@H](C)C(C)C5C)C4NS(=O)(=O)c4ccccc4)C3O)C(OC3OC(C)[C@@H](C)C(C)C3C)C2NS(=O)(=O)c2ccccc2)[C@H]1O. The second kappa shape index (κ2) is 38.4. The number of aliphatic hydroxyl groups excluding tert-OH is 4. The van der Waals surface area contributed by atoms with Crippen LogP contribution in [0.5, 0.6) is 0 Å². The number of carbonyl (C=O) groups is 1. The van der Waals surface area contributed by atoms with E-state index in [2.05, 4.69) is 57.9 Å².